The molecule has 0 aliphatic heterocycles. The quantitative estimate of drug-likeness (QED) is 0.754. The Bertz CT molecular complexity index is 436. The molecule has 0 unspecified atom stereocenters. The Labute approximate surface area is 119 Å². The molecule has 5 heteroatoms. The zero-order valence-electron chi connectivity index (χ0n) is 12.3. The van der Waals surface area contributed by atoms with Crippen LogP contribution in [0.1, 0.15) is 25.8 Å². The predicted molar refractivity (Wildman–Crippen MR) is 78.4 cm³/mol. The SMILES string of the molecule is Cc1cc(NC(=O)NCCCOCC(C)C)ccc1F. The highest BCUT2D eigenvalue weighted by Gasteiger charge is 2.03. The molecule has 0 aromatic heterocycles. The van der Waals surface area contributed by atoms with E-state index in [0.717, 1.165) is 13.0 Å². The van der Waals surface area contributed by atoms with Crippen molar-refractivity contribution < 1.29 is 13.9 Å². The van der Waals surface area contributed by atoms with Gasteiger partial charge in [-0.05, 0) is 43.0 Å². The van der Waals surface area contributed by atoms with E-state index < -0.39 is 0 Å². The molecule has 2 N–H and O–H groups in total. The lowest BCUT2D eigenvalue weighted by atomic mass is 10.2. The molecular weight excluding hydrogens is 259 g/mol. The molecule has 0 spiro atoms. The summed E-state index contributed by atoms with van der Waals surface area (Å²) < 4.78 is 18.5. The largest absolute Gasteiger partial charge is 0.381 e. The van der Waals surface area contributed by atoms with Crippen LogP contribution in [0.2, 0.25) is 0 Å². The Morgan fingerprint density at radius 1 is 1.40 bits per heavy atom. The third-order valence-corrected chi connectivity index (χ3v) is 2.62. The number of hydrogen-bond acceptors (Lipinski definition) is 2. The number of benzene rings is 1. The average Bonchev–Trinajstić information content (AvgIpc) is 2.38. The van der Waals surface area contributed by atoms with Crippen LogP contribution < -0.4 is 10.6 Å². The number of amides is 2. The maximum atomic E-state index is 13.1. The molecule has 1 aromatic rings. The second kappa shape index (κ2) is 8.53. The van der Waals surface area contributed by atoms with Gasteiger partial charge >= 0.3 is 6.03 Å². The lowest BCUT2D eigenvalue weighted by Crippen LogP contribution is -2.30. The Balaban J connectivity index is 2.18. The summed E-state index contributed by atoms with van der Waals surface area (Å²) in [6.07, 6.45) is 0.766. The first-order chi connectivity index (χ1) is 9.49. The first kappa shape index (κ1) is 16.4. The summed E-state index contributed by atoms with van der Waals surface area (Å²) in [6, 6.07) is 4.18. The van der Waals surface area contributed by atoms with E-state index in [0.29, 0.717) is 30.3 Å². The molecule has 0 fully saturated rings. The molecule has 4 nitrogen and oxygen atoms in total. The average molecular weight is 282 g/mol. The molecule has 0 radical (unpaired) electrons. The van der Waals surface area contributed by atoms with Crippen molar-refractivity contribution in [2.24, 2.45) is 5.92 Å². The van der Waals surface area contributed by atoms with Crippen molar-refractivity contribution in [3.63, 3.8) is 0 Å². The van der Waals surface area contributed by atoms with Crippen LogP contribution >= 0.6 is 0 Å². The summed E-state index contributed by atoms with van der Waals surface area (Å²) in [7, 11) is 0. The van der Waals surface area contributed by atoms with E-state index in [1.807, 2.05) is 0 Å². The van der Waals surface area contributed by atoms with Gasteiger partial charge in [0.15, 0.2) is 0 Å². The number of urea groups is 1. The smallest absolute Gasteiger partial charge is 0.319 e. The van der Waals surface area contributed by atoms with Gasteiger partial charge in [0.25, 0.3) is 0 Å². The van der Waals surface area contributed by atoms with Gasteiger partial charge in [-0.3, -0.25) is 0 Å². The van der Waals surface area contributed by atoms with Gasteiger partial charge < -0.3 is 15.4 Å². The number of nitrogens with one attached hydrogen (secondary N) is 2. The molecule has 20 heavy (non-hydrogen) atoms. The van der Waals surface area contributed by atoms with Crippen LogP contribution in [0.25, 0.3) is 0 Å². The number of hydrogen-bond donors (Lipinski definition) is 2. The minimum Gasteiger partial charge on any atom is -0.381 e. The first-order valence-electron chi connectivity index (χ1n) is 6.87. The van der Waals surface area contributed by atoms with Crippen LogP contribution in [-0.2, 0) is 4.74 Å². The van der Waals surface area contributed by atoms with Crippen LogP contribution in [0, 0.1) is 18.7 Å². The summed E-state index contributed by atoms with van der Waals surface area (Å²) in [6.45, 7) is 7.76. The molecule has 0 aliphatic rings. The molecule has 0 saturated carbocycles. The number of rotatable bonds is 7. The zero-order valence-corrected chi connectivity index (χ0v) is 12.3. The van der Waals surface area contributed by atoms with Gasteiger partial charge in [0, 0.05) is 25.4 Å². The van der Waals surface area contributed by atoms with Crippen LogP contribution in [0.4, 0.5) is 14.9 Å². The van der Waals surface area contributed by atoms with Crippen LogP contribution in [0.15, 0.2) is 18.2 Å². The lowest BCUT2D eigenvalue weighted by molar-refractivity contribution is 0.108. The van der Waals surface area contributed by atoms with E-state index in [4.69, 9.17) is 4.74 Å². The summed E-state index contributed by atoms with van der Waals surface area (Å²) in [5.74, 6) is 0.242. The molecule has 1 aromatic carbocycles. The van der Waals surface area contributed by atoms with E-state index in [2.05, 4.69) is 24.5 Å². The Morgan fingerprint density at radius 2 is 2.15 bits per heavy atom. The molecule has 0 heterocycles. The zero-order chi connectivity index (χ0) is 15.0. The second-order valence-electron chi connectivity index (χ2n) is 5.17. The van der Waals surface area contributed by atoms with E-state index in [9.17, 15) is 9.18 Å². The molecule has 0 atom stereocenters. The Morgan fingerprint density at radius 3 is 2.80 bits per heavy atom. The number of carbonyl (C=O) groups excluding carboxylic acids is 1. The van der Waals surface area contributed by atoms with Crippen molar-refractivity contribution in [2.45, 2.75) is 27.2 Å². The summed E-state index contributed by atoms with van der Waals surface area (Å²) in [5.41, 5.74) is 1.09. The number of ether oxygens (including phenoxy) is 1. The van der Waals surface area contributed by atoms with Crippen molar-refractivity contribution in [1.29, 1.82) is 0 Å². The third-order valence-electron chi connectivity index (χ3n) is 2.62. The Kier molecular flexibility index (Phi) is 7.01. The van der Waals surface area contributed by atoms with Gasteiger partial charge in [0.1, 0.15) is 5.82 Å². The highest BCUT2D eigenvalue weighted by molar-refractivity contribution is 5.89. The fourth-order valence-electron chi connectivity index (χ4n) is 1.59. The summed E-state index contributed by atoms with van der Waals surface area (Å²) >= 11 is 0. The minimum atomic E-state index is -0.292. The van der Waals surface area contributed by atoms with Gasteiger partial charge in [-0.2, -0.15) is 0 Å². The fourth-order valence-corrected chi connectivity index (χ4v) is 1.59. The highest BCUT2D eigenvalue weighted by atomic mass is 19.1. The number of halogens is 1. The topological polar surface area (TPSA) is 50.4 Å². The van der Waals surface area contributed by atoms with Crippen molar-refractivity contribution in [2.75, 3.05) is 25.1 Å². The van der Waals surface area contributed by atoms with E-state index >= 15 is 0 Å². The van der Waals surface area contributed by atoms with Gasteiger partial charge in [0.05, 0.1) is 0 Å². The Hall–Kier alpha value is -1.62. The number of anilines is 1. The highest BCUT2D eigenvalue weighted by Crippen LogP contribution is 2.13. The number of carbonyl (C=O) groups is 1. The van der Waals surface area contributed by atoms with Crippen molar-refractivity contribution in [1.82, 2.24) is 5.32 Å². The first-order valence-corrected chi connectivity index (χ1v) is 6.87. The normalized spacial score (nSPS) is 10.7. The predicted octanol–water partition coefficient (Wildman–Crippen LogP) is 3.32. The van der Waals surface area contributed by atoms with Gasteiger partial charge in [-0.15, -0.1) is 0 Å². The minimum absolute atomic E-state index is 0.279. The third kappa shape index (κ3) is 6.52. The van der Waals surface area contributed by atoms with Crippen molar-refractivity contribution >= 4 is 11.7 Å². The van der Waals surface area contributed by atoms with Gasteiger partial charge in [-0.25, -0.2) is 9.18 Å². The number of aryl methyl sites for hydroxylation is 1. The fraction of sp³-hybridized carbons (Fsp3) is 0.533. The molecule has 0 saturated heterocycles. The van der Waals surface area contributed by atoms with Gasteiger partial charge in [-0.1, -0.05) is 13.8 Å². The maximum absolute atomic E-state index is 13.1. The van der Waals surface area contributed by atoms with Crippen molar-refractivity contribution in [3.05, 3.63) is 29.6 Å². The monoisotopic (exact) mass is 282 g/mol. The van der Waals surface area contributed by atoms with Crippen molar-refractivity contribution in [3.8, 4) is 0 Å². The van der Waals surface area contributed by atoms with Crippen LogP contribution in [-0.4, -0.2) is 25.8 Å². The molecule has 2 amide bonds. The van der Waals surface area contributed by atoms with Crippen LogP contribution in [0.3, 0.4) is 0 Å². The molecular formula is C15H23FN2O2. The standard InChI is InChI=1S/C15H23FN2O2/c1-11(2)10-20-8-4-7-17-15(19)18-13-5-6-14(16)12(3)9-13/h5-6,9,11H,4,7-8,10H2,1-3H3,(H2,17,18,19). The van der Waals surface area contributed by atoms with E-state index in [1.165, 1.54) is 12.1 Å². The maximum Gasteiger partial charge on any atom is 0.319 e. The van der Waals surface area contributed by atoms with Gasteiger partial charge in [0.2, 0.25) is 0 Å². The summed E-state index contributed by atoms with van der Waals surface area (Å²) in [5, 5.41) is 5.39. The molecule has 112 valence electrons. The lowest BCUT2D eigenvalue weighted by Gasteiger charge is -2.09. The molecule has 1 rings (SSSR count). The molecule has 0 bridgehead atoms. The summed E-state index contributed by atoms with van der Waals surface area (Å²) in [4.78, 5) is 11.6. The van der Waals surface area contributed by atoms with E-state index in [1.54, 1.807) is 13.0 Å². The molecule has 0 aliphatic carbocycles. The van der Waals surface area contributed by atoms with Crippen LogP contribution in [0.5, 0.6) is 0 Å². The van der Waals surface area contributed by atoms with E-state index in [-0.39, 0.29) is 11.8 Å². The second-order valence-corrected chi connectivity index (χ2v) is 5.17.